The van der Waals surface area contributed by atoms with E-state index < -0.39 is 0 Å². The van der Waals surface area contributed by atoms with Crippen LogP contribution in [0.1, 0.15) is 40.0 Å². The first-order chi connectivity index (χ1) is 7.00. The average Bonchev–Trinajstić information content (AvgIpc) is 2.96. The maximum absolute atomic E-state index is 11.5. The minimum Gasteiger partial charge on any atom is -0.356 e. The van der Waals surface area contributed by atoms with Gasteiger partial charge in [0.05, 0.1) is 0 Å². The van der Waals surface area contributed by atoms with Gasteiger partial charge in [-0.15, -0.1) is 0 Å². The smallest absolute Gasteiger partial charge is 0.221 e. The van der Waals surface area contributed by atoms with Crippen LogP contribution in [0.15, 0.2) is 0 Å². The first kappa shape index (κ1) is 12.5. The Morgan fingerprint density at radius 3 is 2.47 bits per heavy atom. The lowest BCUT2D eigenvalue weighted by molar-refractivity contribution is -0.121. The topological polar surface area (TPSA) is 55.1 Å². The highest BCUT2D eigenvalue weighted by atomic mass is 16.1. The molecule has 1 fully saturated rings. The lowest BCUT2D eigenvalue weighted by atomic mass is 10.0. The fraction of sp³-hybridized carbons (Fsp3) is 0.917. The lowest BCUT2D eigenvalue weighted by Crippen LogP contribution is -2.36. The van der Waals surface area contributed by atoms with Crippen molar-refractivity contribution in [3.8, 4) is 0 Å². The molecule has 1 amide bonds. The van der Waals surface area contributed by atoms with Gasteiger partial charge in [0.15, 0.2) is 0 Å². The second kappa shape index (κ2) is 5.50. The van der Waals surface area contributed by atoms with E-state index in [0.29, 0.717) is 18.3 Å². The van der Waals surface area contributed by atoms with E-state index in [-0.39, 0.29) is 11.9 Å². The number of carbonyl (C=O) groups is 1. The Morgan fingerprint density at radius 1 is 1.40 bits per heavy atom. The van der Waals surface area contributed by atoms with E-state index in [1.807, 2.05) is 13.8 Å². The predicted octanol–water partition coefficient (Wildman–Crippen LogP) is 1.52. The van der Waals surface area contributed by atoms with Crippen LogP contribution in [0.5, 0.6) is 0 Å². The molecular weight excluding hydrogens is 188 g/mol. The summed E-state index contributed by atoms with van der Waals surface area (Å²) < 4.78 is 0. The largest absolute Gasteiger partial charge is 0.356 e. The molecule has 0 aromatic rings. The lowest BCUT2D eigenvalue weighted by Gasteiger charge is -2.16. The molecule has 0 radical (unpaired) electrons. The molecule has 2 atom stereocenters. The standard InChI is InChI=1S/C12H24N2O/c1-8(2)11(13)6-12(15)14-7-9(3)10-4-5-10/h8-11H,4-7,13H2,1-3H3,(H,14,15). The van der Waals surface area contributed by atoms with E-state index in [1.165, 1.54) is 12.8 Å². The summed E-state index contributed by atoms with van der Waals surface area (Å²) in [6.45, 7) is 7.12. The number of amides is 1. The highest BCUT2D eigenvalue weighted by Crippen LogP contribution is 2.36. The zero-order valence-electron chi connectivity index (χ0n) is 10.1. The molecule has 1 aliphatic carbocycles. The third kappa shape index (κ3) is 4.65. The normalized spacial score (nSPS) is 20.1. The molecule has 1 aliphatic rings. The summed E-state index contributed by atoms with van der Waals surface area (Å²) in [6.07, 6.45) is 3.13. The minimum absolute atomic E-state index is 0.0127. The fourth-order valence-electron chi connectivity index (χ4n) is 1.63. The molecule has 0 heterocycles. The van der Waals surface area contributed by atoms with Crippen molar-refractivity contribution >= 4 is 5.91 Å². The quantitative estimate of drug-likeness (QED) is 0.701. The second-order valence-electron chi connectivity index (χ2n) is 5.23. The monoisotopic (exact) mass is 212 g/mol. The predicted molar refractivity (Wildman–Crippen MR) is 62.3 cm³/mol. The number of carbonyl (C=O) groups excluding carboxylic acids is 1. The summed E-state index contributed by atoms with van der Waals surface area (Å²) in [5, 5.41) is 2.97. The van der Waals surface area contributed by atoms with Gasteiger partial charge in [-0.05, 0) is 30.6 Å². The van der Waals surface area contributed by atoms with Crippen molar-refractivity contribution in [1.82, 2.24) is 5.32 Å². The third-order valence-corrected chi connectivity index (χ3v) is 3.33. The molecule has 0 aliphatic heterocycles. The Balaban J connectivity index is 2.12. The molecule has 0 aromatic carbocycles. The van der Waals surface area contributed by atoms with Crippen molar-refractivity contribution in [2.45, 2.75) is 46.1 Å². The Labute approximate surface area is 92.8 Å². The summed E-state index contributed by atoms with van der Waals surface area (Å²) in [4.78, 5) is 11.5. The van der Waals surface area contributed by atoms with E-state index in [2.05, 4.69) is 12.2 Å². The van der Waals surface area contributed by atoms with Gasteiger partial charge in [0.1, 0.15) is 0 Å². The Hall–Kier alpha value is -0.570. The molecule has 0 saturated heterocycles. The van der Waals surface area contributed by atoms with Crippen molar-refractivity contribution in [3.63, 3.8) is 0 Å². The molecular formula is C12H24N2O. The average molecular weight is 212 g/mol. The summed E-state index contributed by atoms with van der Waals surface area (Å²) in [5.74, 6) is 1.95. The van der Waals surface area contributed by atoms with Crippen LogP contribution in [-0.4, -0.2) is 18.5 Å². The van der Waals surface area contributed by atoms with Gasteiger partial charge in [0.2, 0.25) is 5.91 Å². The van der Waals surface area contributed by atoms with Crippen molar-refractivity contribution in [3.05, 3.63) is 0 Å². The van der Waals surface area contributed by atoms with Gasteiger partial charge in [-0.25, -0.2) is 0 Å². The van der Waals surface area contributed by atoms with Gasteiger partial charge in [0.25, 0.3) is 0 Å². The van der Waals surface area contributed by atoms with Crippen LogP contribution in [-0.2, 0) is 4.79 Å². The molecule has 3 N–H and O–H groups in total. The number of nitrogens with one attached hydrogen (secondary N) is 1. The molecule has 88 valence electrons. The molecule has 0 bridgehead atoms. The van der Waals surface area contributed by atoms with E-state index in [1.54, 1.807) is 0 Å². The first-order valence-corrected chi connectivity index (χ1v) is 6.03. The third-order valence-electron chi connectivity index (χ3n) is 3.33. The van der Waals surface area contributed by atoms with E-state index in [4.69, 9.17) is 5.73 Å². The van der Waals surface area contributed by atoms with Crippen molar-refractivity contribution in [2.24, 2.45) is 23.5 Å². The van der Waals surface area contributed by atoms with Crippen LogP contribution in [0.4, 0.5) is 0 Å². The van der Waals surface area contributed by atoms with Gasteiger partial charge in [-0.3, -0.25) is 4.79 Å². The van der Waals surface area contributed by atoms with Gasteiger partial charge in [-0.1, -0.05) is 20.8 Å². The zero-order chi connectivity index (χ0) is 11.4. The highest BCUT2D eigenvalue weighted by Gasteiger charge is 2.27. The molecule has 15 heavy (non-hydrogen) atoms. The van der Waals surface area contributed by atoms with Gasteiger partial charge < -0.3 is 11.1 Å². The van der Waals surface area contributed by atoms with Crippen LogP contribution >= 0.6 is 0 Å². The molecule has 0 spiro atoms. The van der Waals surface area contributed by atoms with Gasteiger partial charge in [0, 0.05) is 19.0 Å². The molecule has 0 aromatic heterocycles. The molecule has 3 nitrogen and oxygen atoms in total. The van der Waals surface area contributed by atoms with Crippen molar-refractivity contribution in [1.29, 1.82) is 0 Å². The summed E-state index contributed by atoms with van der Waals surface area (Å²) in [6, 6.07) is -0.0127. The molecule has 1 saturated carbocycles. The Bertz CT molecular complexity index is 212. The molecule has 1 rings (SSSR count). The maximum Gasteiger partial charge on any atom is 0.221 e. The van der Waals surface area contributed by atoms with Crippen molar-refractivity contribution in [2.75, 3.05) is 6.54 Å². The fourth-order valence-corrected chi connectivity index (χ4v) is 1.63. The first-order valence-electron chi connectivity index (χ1n) is 6.03. The van der Waals surface area contributed by atoms with E-state index >= 15 is 0 Å². The second-order valence-corrected chi connectivity index (χ2v) is 5.23. The van der Waals surface area contributed by atoms with Crippen LogP contribution in [0.25, 0.3) is 0 Å². The van der Waals surface area contributed by atoms with E-state index in [9.17, 15) is 4.79 Å². The van der Waals surface area contributed by atoms with Crippen LogP contribution < -0.4 is 11.1 Å². The number of hydrogen-bond acceptors (Lipinski definition) is 2. The Morgan fingerprint density at radius 2 is 2.00 bits per heavy atom. The number of rotatable bonds is 6. The van der Waals surface area contributed by atoms with Gasteiger partial charge in [-0.2, -0.15) is 0 Å². The zero-order valence-corrected chi connectivity index (χ0v) is 10.1. The summed E-state index contributed by atoms with van der Waals surface area (Å²) >= 11 is 0. The Kier molecular flexibility index (Phi) is 4.58. The summed E-state index contributed by atoms with van der Waals surface area (Å²) in [7, 11) is 0. The van der Waals surface area contributed by atoms with Crippen LogP contribution in [0.2, 0.25) is 0 Å². The molecule has 2 unspecified atom stereocenters. The maximum atomic E-state index is 11.5. The van der Waals surface area contributed by atoms with E-state index in [0.717, 1.165) is 12.5 Å². The summed E-state index contributed by atoms with van der Waals surface area (Å²) in [5.41, 5.74) is 5.84. The van der Waals surface area contributed by atoms with Crippen molar-refractivity contribution < 1.29 is 4.79 Å². The number of hydrogen-bond donors (Lipinski definition) is 2. The van der Waals surface area contributed by atoms with Crippen LogP contribution in [0, 0.1) is 17.8 Å². The minimum atomic E-state index is -0.0127. The molecule has 3 heteroatoms. The highest BCUT2D eigenvalue weighted by molar-refractivity contribution is 5.76. The SMILES string of the molecule is CC(C)C(N)CC(=O)NCC(C)C1CC1. The van der Waals surface area contributed by atoms with Gasteiger partial charge >= 0.3 is 0 Å². The number of nitrogens with two attached hydrogens (primary N) is 1. The van der Waals surface area contributed by atoms with Crippen LogP contribution in [0.3, 0.4) is 0 Å².